The molecule has 144 valence electrons. The number of hydrogen-bond acceptors (Lipinski definition) is 3. The number of rotatable bonds is 9. The maximum atomic E-state index is 13.2. The number of benzene rings is 3. The molecule has 1 atom stereocenters. The van der Waals surface area contributed by atoms with Crippen molar-refractivity contribution in [3.63, 3.8) is 0 Å². The van der Waals surface area contributed by atoms with Crippen molar-refractivity contribution in [1.29, 1.82) is 0 Å². The molecule has 0 spiro atoms. The molecule has 0 bridgehead atoms. The van der Waals surface area contributed by atoms with Crippen LogP contribution in [0.5, 0.6) is 0 Å². The second kappa shape index (κ2) is 9.75. The molecule has 0 radical (unpaired) electrons. The molecule has 3 nitrogen and oxygen atoms in total. The van der Waals surface area contributed by atoms with Gasteiger partial charge in [0.05, 0.1) is 6.61 Å². The number of nitrogens with one attached hydrogen (secondary N) is 1. The van der Waals surface area contributed by atoms with E-state index in [2.05, 4.69) is 29.6 Å². The molecular formula is C25H27NO2. The van der Waals surface area contributed by atoms with Crippen LogP contribution in [0.1, 0.15) is 24.5 Å². The van der Waals surface area contributed by atoms with E-state index in [1.54, 1.807) is 0 Å². The summed E-state index contributed by atoms with van der Waals surface area (Å²) in [6, 6.07) is 30.3. The molecule has 0 amide bonds. The Hall–Kier alpha value is -3.07. The van der Waals surface area contributed by atoms with Crippen molar-refractivity contribution >= 4 is 11.7 Å². The first-order valence-electron chi connectivity index (χ1n) is 9.80. The molecule has 3 aromatic rings. The van der Waals surface area contributed by atoms with Gasteiger partial charge >= 0.3 is 5.97 Å². The van der Waals surface area contributed by atoms with Gasteiger partial charge in [-0.1, -0.05) is 78.9 Å². The van der Waals surface area contributed by atoms with Crippen LogP contribution in [0, 0.1) is 0 Å². The van der Waals surface area contributed by atoms with E-state index in [-0.39, 0.29) is 5.97 Å². The van der Waals surface area contributed by atoms with Crippen molar-refractivity contribution in [2.75, 3.05) is 11.9 Å². The van der Waals surface area contributed by atoms with Crippen LogP contribution in [-0.4, -0.2) is 18.1 Å². The summed E-state index contributed by atoms with van der Waals surface area (Å²) in [6.45, 7) is 2.21. The highest BCUT2D eigenvalue weighted by molar-refractivity contribution is 5.85. The quantitative estimate of drug-likeness (QED) is 0.519. The standard InChI is InChI=1S/C25H27NO2/c1-2-28-24(27)25(20-22-14-8-4-9-15-22,26-23-16-10-5-11-17-23)19-18-21-12-6-3-7-13-21/h3-17,26H,2,18-20H2,1H3/t25-/m0/s1. The zero-order valence-corrected chi connectivity index (χ0v) is 16.3. The van der Waals surface area contributed by atoms with E-state index in [0.29, 0.717) is 19.4 Å². The molecule has 0 saturated heterocycles. The molecule has 0 aliphatic heterocycles. The highest BCUT2D eigenvalue weighted by Gasteiger charge is 2.39. The van der Waals surface area contributed by atoms with Crippen LogP contribution in [0.2, 0.25) is 0 Å². The van der Waals surface area contributed by atoms with Crippen molar-refractivity contribution in [2.45, 2.75) is 31.7 Å². The minimum absolute atomic E-state index is 0.210. The molecule has 3 aromatic carbocycles. The molecule has 0 heterocycles. The van der Waals surface area contributed by atoms with Gasteiger partial charge in [-0.2, -0.15) is 0 Å². The van der Waals surface area contributed by atoms with Crippen LogP contribution in [0.15, 0.2) is 91.0 Å². The second-order valence-electron chi connectivity index (χ2n) is 6.94. The zero-order valence-electron chi connectivity index (χ0n) is 16.3. The van der Waals surface area contributed by atoms with Gasteiger partial charge in [-0.3, -0.25) is 0 Å². The van der Waals surface area contributed by atoms with E-state index in [1.165, 1.54) is 5.56 Å². The largest absolute Gasteiger partial charge is 0.464 e. The fraction of sp³-hybridized carbons (Fsp3) is 0.240. The Morgan fingerprint density at radius 1 is 0.821 bits per heavy atom. The first kappa shape index (κ1) is 19.7. The number of aryl methyl sites for hydroxylation is 1. The number of esters is 1. The van der Waals surface area contributed by atoms with E-state index in [4.69, 9.17) is 4.74 Å². The summed E-state index contributed by atoms with van der Waals surface area (Å²) in [5.41, 5.74) is 2.39. The lowest BCUT2D eigenvalue weighted by Gasteiger charge is -2.34. The van der Waals surface area contributed by atoms with Gasteiger partial charge in [0.15, 0.2) is 0 Å². The van der Waals surface area contributed by atoms with Gasteiger partial charge in [0.2, 0.25) is 0 Å². The maximum Gasteiger partial charge on any atom is 0.332 e. The lowest BCUT2D eigenvalue weighted by Crippen LogP contribution is -2.50. The number of carbonyl (C=O) groups excluding carboxylic acids is 1. The molecule has 0 unspecified atom stereocenters. The number of para-hydroxylation sites is 1. The minimum Gasteiger partial charge on any atom is -0.464 e. The van der Waals surface area contributed by atoms with Gasteiger partial charge < -0.3 is 10.1 Å². The Labute approximate surface area is 167 Å². The first-order chi connectivity index (χ1) is 13.7. The average molecular weight is 373 g/mol. The van der Waals surface area contributed by atoms with Crippen LogP contribution < -0.4 is 5.32 Å². The molecule has 0 fully saturated rings. The summed E-state index contributed by atoms with van der Waals surface area (Å²) < 4.78 is 5.54. The highest BCUT2D eigenvalue weighted by atomic mass is 16.5. The van der Waals surface area contributed by atoms with Crippen LogP contribution in [0.25, 0.3) is 0 Å². The van der Waals surface area contributed by atoms with E-state index < -0.39 is 5.54 Å². The first-order valence-corrected chi connectivity index (χ1v) is 9.80. The summed E-state index contributed by atoms with van der Waals surface area (Å²) >= 11 is 0. The Morgan fingerprint density at radius 2 is 1.36 bits per heavy atom. The van der Waals surface area contributed by atoms with Gasteiger partial charge in [-0.25, -0.2) is 4.79 Å². The fourth-order valence-corrected chi connectivity index (χ4v) is 3.43. The van der Waals surface area contributed by atoms with Crippen LogP contribution in [0.4, 0.5) is 5.69 Å². The molecule has 0 aromatic heterocycles. The van der Waals surface area contributed by atoms with E-state index in [0.717, 1.165) is 17.7 Å². The van der Waals surface area contributed by atoms with Gasteiger partial charge in [0.25, 0.3) is 0 Å². The van der Waals surface area contributed by atoms with Gasteiger partial charge in [0, 0.05) is 12.1 Å². The topological polar surface area (TPSA) is 38.3 Å². The number of ether oxygens (including phenoxy) is 1. The van der Waals surface area contributed by atoms with E-state index in [1.807, 2.05) is 73.7 Å². The Balaban J connectivity index is 1.94. The molecule has 0 saturated carbocycles. The third-order valence-electron chi connectivity index (χ3n) is 4.86. The van der Waals surface area contributed by atoms with Gasteiger partial charge in [-0.05, 0) is 43.0 Å². The van der Waals surface area contributed by atoms with Crippen molar-refractivity contribution in [2.24, 2.45) is 0 Å². The predicted molar refractivity (Wildman–Crippen MR) is 114 cm³/mol. The Kier molecular flexibility index (Phi) is 6.85. The SMILES string of the molecule is CCOC(=O)[C@](CCc1ccccc1)(Cc1ccccc1)Nc1ccccc1. The number of carbonyl (C=O) groups is 1. The summed E-state index contributed by atoms with van der Waals surface area (Å²) in [5.74, 6) is -0.210. The monoisotopic (exact) mass is 373 g/mol. The molecular weight excluding hydrogens is 346 g/mol. The van der Waals surface area contributed by atoms with Crippen molar-refractivity contribution in [3.05, 3.63) is 102 Å². The predicted octanol–water partition coefficient (Wildman–Crippen LogP) is 5.28. The smallest absolute Gasteiger partial charge is 0.332 e. The fourth-order valence-electron chi connectivity index (χ4n) is 3.43. The number of hydrogen-bond donors (Lipinski definition) is 1. The van der Waals surface area contributed by atoms with E-state index >= 15 is 0 Å². The highest BCUT2D eigenvalue weighted by Crippen LogP contribution is 2.27. The van der Waals surface area contributed by atoms with Gasteiger partial charge in [-0.15, -0.1) is 0 Å². The molecule has 0 aliphatic carbocycles. The van der Waals surface area contributed by atoms with E-state index in [9.17, 15) is 4.79 Å². The third kappa shape index (κ3) is 5.23. The molecule has 3 heteroatoms. The van der Waals surface area contributed by atoms with Crippen molar-refractivity contribution in [3.8, 4) is 0 Å². The van der Waals surface area contributed by atoms with Crippen LogP contribution >= 0.6 is 0 Å². The molecule has 3 rings (SSSR count). The lowest BCUT2D eigenvalue weighted by molar-refractivity contribution is -0.148. The van der Waals surface area contributed by atoms with Crippen molar-refractivity contribution < 1.29 is 9.53 Å². The maximum absolute atomic E-state index is 13.2. The summed E-state index contributed by atoms with van der Waals surface area (Å²) in [6.07, 6.45) is 1.99. The summed E-state index contributed by atoms with van der Waals surface area (Å²) in [4.78, 5) is 13.2. The Bertz CT molecular complexity index is 806. The lowest BCUT2D eigenvalue weighted by atomic mass is 9.84. The summed E-state index contributed by atoms with van der Waals surface area (Å²) in [7, 11) is 0. The molecule has 0 aliphatic rings. The molecule has 1 N–H and O–H groups in total. The van der Waals surface area contributed by atoms with Crippen LogP contribution in [0.3, 0.4) is 0 Å². The normalized spacial score (nSPS) is 12.8. The summed E-state index contributed by atoms with van der Waals surface area (Å²) in [5, 5.41) is 3.52. The third-order valence-corrected chi connectivity index (χ3v) is 4.86. The van der Waals surface area contributed by atoms with Crippen LogP contribution in [-0.2, 0) is 22.4 Å². The van der Waals surface area contributed by atoms with Gasteiger partial charge in [0.1, 0.15) is 5.54 Å². The zero-order chi connectivity index (χ0) is 19.7. The minimum atomic E-state index is -0.839. The second-order valence-corrected chi connectivity index (χ2v) is 6.94. The average Bonchev–Trinajstić information content (AvgIpc) is 2.74. The molecule has 28 heavy (non-hydrogen) atoms. The number of anilines is 1. The Morgan fingerprint density at radius 3 is 1.93 bits per heavy atom. The van der Waals surface area contributed by atoms with Crippen molar-refractivity contribution in [1.82, 2.24) is 0 Å².